The van der Waals surface area contributed by atoms with Crippen molar-refractivity contribution in [2.45, 2.75) is 6.92 Å². The van der Waals surface area contributed by atoms with E-state index in [1.54, 1.807) is 6.92 Å². The molecule has 1 heterocycles. The van der Waals surface area contributed by atoms with E-state index in [2.05, 4.69) is 29.4 Å². The van der Waals surface area contributed by atoms with E-state index in [9.17, 15) is 14.4 Å². The highest BCUT2D eigenvalue weighted by atomic mass is 16.5. The fraction of sp³-hybridized carbons (Fsp3) is 0.400. The van der Waals surface area contributed by atoms with Crippen LogP contribution < -0.4 is 0 Å². The van der Waals surface area contributed by atoms with Gasteiger partial charge < -0.3 is 14.2 Å². The van der Waals surface area contributed by atoms with Crippen molar-refractivity contribution in [2.24, 2.45) is 0 Å². The normalized spacial score (nSPS) is 9.63. The number of carbonyl (C=O) groups excluding carboxylic acids is 3. The standard InChI is InChI=1S/C10H11N3O6/c1-4-19-10(16)7-11-5(8(14)17-2)6(12-13-7)9(15)18-3/h4H2,1-3H3. The van der Waals surface area contributed by atoms with Gasteiger partial charge in [-0.05, 0) is 6.92 Å². The summed E-state index contributed by atoms with van der Waals surface area (Å²) in [4.78, 5) is 37.9. The number of rotatable bonds is 4. The Kier molecular flexibility index (Phi) is 4.86. The van der Waals surface area contributed by atoms with E-state index in [1.807, 2.05) is 0 Å². The molecule has 0 aromatic carbocycles. The molecule has 0 atom stereocenters. The van der Waals surface area contributed by atoms with E-state index in [0.717, 1.165) is 14.2 Å². The maximum Gasteiger partial charge on any atom is 0.378 e. The molecular weight excluding hydrogens is 258 g/mol. The van der Waals surface area contributed by atoms with Crippen LogP contribution in [0.5, 0.6) is 0 Å². The Labute approximate surface area is 107 Å². The molecule has 102 valence electrons. The Morgan fingerprint density at radius 3 is 2.05 bits per heavy atom. The summed E-state index contributed by atoms with van der Waals surface area (Å²) in [6.45, 7) is 1.70. The lowest BCUT2D eigenvalue weighted by atomic mass is 10.3. The summed E-state index contributed by atoms with van der Waals surface area (Å²) in [6.07, 6.45) is 0. The van der Waals surface area contributed by atoms with Gasteiger partial charge in [0.2, 0.25) is 5.69 Å². The third-order valence-corrected chi connectivity index (χ3v) is 1.90. The van der Waals surface area contributed by atoms with Crippen molar-refractivity contribution in [1.82, 2.24) is 15.2 Å². The maximum absolute atomic E-state index is 11.5. The van der Waals surface area contributed by atoms with Crippen LogP contribution in [-0.4, -0.2) is 53.9 Å². The molecule has 0 radical (unpaired) electrons. The van der Waals surface area contributed by atoms with E-state index in [1.165, 1.54) is 0 Å². The molecule has 0 saturated carbocycles. The number of ether oxygens (including phenoxy) is 3. The maximum atomic E-state index is 11.5. The molecule has 0 bridgehead atoms. The van der Waals surface area contributed by atoms with Gasteiger partial charge in [-0.2, -0.15) is 0 Å². The Hall–Kier alpha value is -2.58. The molecule has 0 fully saturated rings. The fourth-order valence-electron chi connectivity index (χ4n) is 1.08. The number of carbonyl (C=O) groups is 3. The van der Waals surface area contributed by atoms with Gasteiger partial charge in [0.25, 0.3) is 5.82 Å². The van der Waals surface area contributed by atoms with Crippen LogP contribution in [-0.2, 0) is 14.2 Å². The first-order chi connectivity index (χ1) is 9.04. The van der Waals surface area contributed by atoms with Gasteiger partial charge in [0.1, 0.15) is 0 Å². The number of esters is 3. The molecule has 9 nitrogen and oxygen atoms in total. The molecule has 0 saturated heterocycles. The van der Waals surface area contributed by atoms with E-state index in [-0.39, 0.29) is 6.61 Å². The highest BCUT2D eigenvalue weighted by Gasteiger charge is 2.25. The predicted octanol–water partition coefficient (Wildman–Crippen LogP) is -0.378. The van der Waals surface area contributed by atoms with E-state index < -0.39 is 35.1 Å². The van der Waals surface area contributed by atoms with Crippen LogP contribution in [0.1, 0.15) is 38.5 Å². The number of aromatic nitrogens is 3. The summed E-state index contributed by atoms with van der Waals surface area (Å²) in [5.74, 6) is -3.18. The van der Waals surface area contributed by atoms with Gasteiger partial charge in [-0.25, -0.2) is 19.4 Å². The van der Waals surface area contributed by atoms with E-state index in [4.69, 9.17) is 0 Å². The van der Waals surface area contributed by atoms with Crippen LogP contribution in [0, 0.1) is 0 Å². The number of nitrogens with zero attached hydrogens (tertiary/aromatic N) is 3. The van der Waals surface area contributed by atoms with Crippen molar-refractivity contribution in [3.8, 4) is 0 Å². The Balaban J connectivity index is 3.26. The van der Waals surface area contributed by atoms with Crippen LogP contribution in [0.15, 0.2) is 0 Å². The van der Waals surface area contributed by atoms with Crippen LogP contribution in [0.2, 0.25) is 0 Å². The Bertz CT molecular complexity index is 516. The van der Waals surface area contributed by atoms with Crippen molar-refractivity contribution in [3.63, 3.8) is 0 Å². The van der Waals surface area contributed by atoms with Gasteiger partial charge in [-0.1, -0.05) is 0 Å². The van der Waals surface area contributed by atoms with Crippen LogP contribution in [0.4, 0.5) is 0 Å². The summed E-state index contributed by atoms with van der Waals surface area (Å²) in [5.41, 5.74) is -0.908. The molecular formula is C10H11N3O6. The summed E-state index contributed by atoms with van der Waals surface area (Å²) in [5, 5.41) is 6.83. The zero-order valence-corrected chi connectivity index (χ0v) is 10.5. The smallest absolute Gasteiger partial charge is 0.378 e. The second-order valence-electron chi connectivity index (χ2n) is 3.04. The minimum atomic E-state index is -0.944. The molecule has 0 aliphatic carbocycles. The molecule has 0 amide bonds. The van der Waals surface area contributed by atoms with Crippen molar-refractivity contribution >= 4 is 17.9 Å². The van der Waals surface area contributed by atoms with Gasteiger partial charge >= 0.3 is 17.9 Å². The monoisotopic (exact) mass is 269 g/mol. The number of hydrogen-bond acceptors (Lipinski definition) is 9. The lowest BCUT2D eigenvalue weighted by Gasteiger charge is -2.05. The molecule has 0 aliphatic rings. The zero-order chi connectivity index (χ0) is 14.4. The molecule has 1 aromatic rings. The second kappa shape index (κ2) is 6.38. The first kappa shape index (κ1) is 14.5. The number of hydrogen-bond donors (Lipinski definition) is 0. The first-order valence-corrected chi connectivity index (χ1v) is 5.13. The lowest BCUT2D eigenvalue weighted by molar-refractivity contribution is 0.0498. The first-order valence-electron chi connectivity index (χ1n) is 5.13. The van der Waals surface area contributed by atoms with Gasteiger partial charge in [-0.15, -0.1) is 10.2 Å². The van der Waals surface area contributed by atoms with Gasteiger partial charge in [-0.3, -0.25) is 0 Å². The highest BCUT2D eigenvalue weighted by molar-refractivity contribution is 6.00. The van der Waals surface area contributed by atoms with E-state index >= 15 is 0 Å². The van der Waals surface area contributed by atoms with Gasteiger partial charge in [0, 0.05) is 0 Å². The molecule has 1 rings (SSSR count). The van der Waals surface area contributed by atoms with E-state index in [0.29, 0.717) is 0 Å². The molecule has 19 heavy (non-hydrogen) atoms. The quantitative estimate of drug-likeness (QED) is 0.532. The summed E-state index contributed by atoms with van der Waals surface area (Å²) >= 11 is 0. The Morgan fingerprint density at radius 1 is 0.947 bits per heavy atom. The summed E-state index contributed by atoms with van der Waals surface area (Å²) < 4.78 is 13.5. The minimum absolute atomic E-state index is 0.106. The second-order valence-corrected chi connectivity index (χ2v) is 3.04. The highest BCUT2D eigenvalue weighted by Crippen LogP contribution is 2.06. The molecule has 9 heteroatoms. The van der Waals surface area contributed by atoms with Crippen molar-refractivity contribution < 1.29 is 28.6 Å². The van der Waals surface area contributed by atoms with Crippen molar-refractivity contribution in [3.05, 3.63) is 17.2 Å². The van der Waals surface area contributed by atoms with Crippen LogP contribution >= 0.6 is 0 Å². The zero-order valence-electron chi connectivity index (χ0n) is 10.5. The number of methoxy groups -OCH3 is 2. The summed E-state index contributed by atoms with van der Waals surface area (Å²) in [7, 11) is 2.19. The average molecular weight is 269 g/mol. The molecule has 0 unspecified atom stereocenters. The average Bonchev–Trinajstić information content (AvgIpc) is 2.45. The SMILES string of the molecule is CCOC(=O)c1nnc(C(=O)OC)c(C(=O)OC)n1. The molecule has 1 aromatic heterocycles. The lowest BCUT2D eigenvalue weighted by Crippen LogP contribution is -2.21. The van der Waals surface area contributed by atoms with Gasteiger partial charge in [0.15, 0.2) is 5.69 Å². The molecule has 0 N–H and O–H groups in total. The molecule has 0 aliphatic heterocycles. The molecule has 0 spiro atoms. The third kappa shape index (κ3) is 3.21. The van der Waals surface area contributed by atoms with Crippen molar-refractivity contribution in [2.75, 3.05) is 20.8 Å². The topological polar surface area (TPSA) is 118 Å². The predicted molar refractivity (Wildman–Crippen MR) is 58.5 cm³/mol. The van der Waals surface area contributed by atoms with Crippen molar-refractivity contribution in [1.29, 1.82) is 0 Å². The minimum Gasteiger partial charge on any atom is -0.464 e. The van der Waals surface area contributed by atoms with Crippen LogP contribution in [0.25, 0.3) is 0 Å². The van der Waals surface area contributed by atoms with Crippen LogP contribution in [0.3, 0.4) is 0 Å². The third-order valence-electron chi connectivity index (χ3n) is 1.90. The Morgan fingerprint density at radius 2 is 1.53 bits per heavy atom. The van der Waals surface area contributed by atoms with Gasteiger partial charge in [0.05, 0.1) is 20.8 Å². The largest absolute Gasteiger partial charge is 0.464 e. The fourth-order valence-corrected chi connectivity index (χ4v) is 1.08. The summed E-state index contributed by atoms with van der Waals surface area (Å²) in [6, 6.07) is 0.